The molecule has 0 saturated heterocycles. The van der Waals surface area contributed by atoms with E-state index >= 15 is 0 Å². The maximum atomic E-state index is 12.1. The van der Waals surface area contributed by atoms with Crippen LogP contribution in [0.3, 0.4) is 0 Å². The lowest BCUT2D eigenvalue weighted by Crippen LogP contribution is -2.14. The number of carbonyl (C=O) groups excluding carboxylic acids is 1. The Morgan fingerprint density at radius 2 is 2.00 bits per heavy atom. The Bertz CT molecular complexity index is 843. The average molecular weight is 384 g/mol. The number of benzene rings is 1. The highest BCUT2D eigenvalue weighted by Crippen LogP contribution is 2.30. The van der Waals surface area contributed by atoms with E-state index in [0.29, 0.717) is 20.7 Å². The maximum Gasteiger partial charge on any atom is 0.231 e. The van der Waals surface area contributed by atoms with Gasteiger partial charge in [0.1, 0.15) is 10.0 Å². The van der Waals surface area contributed by atoms with Gasteiger partial charge < -0.3 is 5.32 Å². The molecule has 2 aromatic heterocycles. The number of anilines is 1. The van der Waals surface area contributed by atoms with Gasteiger partial charge in [0.15, 0.2) is 0 Å². The van der Waals surface area contributed by atoms with Gasteiger partial charge in [-0.2, -0.15) is 4.37 Å². The van der Waals surface area contributed by atoms with Gasteiger partial charge in [0, 0.05) is 16.0 Å². The summed E-state index contributed by atoms with van der Waals surface area (Å²) in [5.74, 6) is -0.163. The predicted octanol–water partition coefficient (Wildman–Crippen LogP) is 5.06. The summed E-state index contributed by atoms with van der Waals surface area (Å²) in [5.41, 5.74) is 2.41. The van der Waals surface area contributed by atoms with Gasteiger partial charge in [-0.3, -0.25) is 4.79 Å². The topological polar surface area (TPSA) is 54.9 Å². The molecule has 0 aliphatic heterocycles. The largest absolute Gasteiger partial charge is 0.315 e. The third-order valence-electron chi connectivity index (χ3n) is 3.03. The Hall–Kier alpha value is -1.47. The first-order valence-electron chi connectivity index (χ1n) is 6.65. The summed E-state index contributed by atoms with van der Waals surface area (Å²) in [6.07, 6.45) is 0.192. The smallest absolute Gasteiger partial charge is 0.231 e. The fourth-order valence-electron chi connectivity index (χ4n) is 1.88. The van der Waals surface area contributed by atoms with E-state index in [0.717, 1.165) is 16.3 Å². The third-order valence-corrected chi connectivity index (χ3v) is 5.65. The summed E-state index contributed by atoms with van der Waals surface area (Å²) in [5, 5.41) is 7.25. The van der Waals surface area contributed by atoms with Crippen molar-refractivity contribution in [1.29, 1.82) is 0 Å². The van der Waals surface area contributed by atoms with Gasteiger partial charge in [0.2, 0.25) is 5.91 Å². The van der Waals surface area contributed by atoms with Crippen molar-refractivity contribution in [3.05, 3.63) is 51.1 Å². The summed E-state index contributed by atoms with van der Waals surface area (Å²) in [7, 11) is 0. The van der Waals surface area contributed by atoms with Crippen LogP contribution in [0.1, 0.15) is 11.4 Å². The predicted molar refractivity (Wildman–Crippen MR) is 96.8 cm³/mol. The van der Waals surface area contributed by atoms with Gasteiger partial charge in [0.25, 0.3) is 0 Å². The van der Waals surface area contributed by atoms with Crippen LogP contribution in [0.15, 0.2) is 29.6 Å². The van der Waals surface area contributed by atoms with Crippen LogP contribution in [0.25, 0.3) is 10.6 Å². The Labute approximate surface area is 151 Å². The van der Waals surface area contributed by atoms with Gasteiger partial charge in [-0.1, -0.05) is 35.3 Å². The first-order valence-corrected chi connectivity index (χ1v) is 9.06. The van der Waals surface area contributed by atoms with Crippen molar-refractivity contribution in [2.45, 2.75) is 13.3 Å². The molecule has 0 bridgehead atoms. The second kappa shape index (κ2) is 6.97. The molecule has 0 spiro atoms. The fraction of sp³-hybridized carbons (Fsp3) is 0.133. The lowest BCUT2D eigenvalue weighted by Gasteiger charge is -2.01. The average Bonchev–Trinajstić information content (AvgIpc) is 3.10. The van der Waals surface area contributed by atoms with Crippen molar-refractivity contribution >= 4 is 57.0 Å². The van der Waals surface area contributed by atoms with Gasteiger partial charge >= 0.3 is 0 Å². The quantitative estimate of drug-likeness (QED) is 0.684. The number of carbonyl (C=O) groups is 1. The molecule has 23 heavy (non-hydrogen) atoms. The number of hydrogen-bond acceptors (Lipinski definition) is 5. The summed E-state index contributed by atoms with van der Waals surface area (Å²) in [6, 6.07) is 7.45. The molecule has 0 radical (unpaired) electrons. The number of amides is 1. The number of aryl methyl sites for hydroxylation is 1. The number of nitrogens with one attached hydrogen (secondary N) is 1. The number of hydrogen-bond donors (Lipinski definition) is 1. The van der Waals surface area contributed by atoms with Gasteiger partial charge in [-0.15, -0.1) is 11.3 Å². The normalized spacial score (nSPS) is 10.7. The minimum atomic E-state index is -0.163. The Balaban J connectivity index is 1.68. The zero-order chi connectivity index (χ0) is 16.4. The maximum absolute atomic E-state index is 12.1. The minimum absolute atomic E-state index is 0.163. The highest BCUT2D eigenvalue weighted by molar-refractivity contribution is 7.13. The van der Waals surface area contributed by atoms with Crippen LogP contribution in [0.4, 0.5) is 5.00 Å². The van der Waals surface area contributed by atoms with Gasteiger partial charge in [-0.05, 0) is 30.6 Å². The molecule has 1 aromatic carbocycles. The van der Waals surface area contributed by atoms with E-state index in [1.54, 1.807) is 6.92 Å². The second-order valence-electron chi connectivity index (χ2n) is 4.79. The molecule has 2 heterocycles. The molecule has 1 amide bonds. The van der Waals surface area contributed by atoms with E-state index < -0.39 is 0 Å². The highest BCUT2D eigenvalue weighted by Gasteiger charge is 2.13. The number of thiazole rings is 1. The summed E-state index contributed by atoms with van der Waals surface area (Å²) in [6.45, 7) is 1.80. The van der Waals surface area contributed by atoms with Crippen molar-refractivity contribution < 1.29 is 4.79 Å². The van der Waals surface area contributed by atoms with Crippen LogP contribution in [-0.2, 0) is 11.2 Å². The Kier molecular flexibility index (Phi) is 4.96. The lowest BCUT2D eigenvalue weighted by molar-refractivity contribution is -0.115. The number of aromatic nitrogens is 2. The van der Waals surface area contributed by atoms with Crippen LogP contribution < -0.4 is 5.32 Å². The zero-order valence-electron chi connectivity index (χ0n) is 12.0. The Morgan fingerprint density at radius 3 is 2.65 bits per heavy atom. The molecule has 4 nitrogen and oxygen atoms in total. The van der Waals surface area contributed by atoms with E-state index in [1.165, 1.54) is 22.9 Å². The Morgan fingerprint density at radius 1 is 1.26 bits per heavy atom. The van der Waals surface area contributed by atoms with Crippen LogP contribution in [-0.4, -0.2) is 15.3 Å². The monoisotopic (exact) mass is 383 g/mol. The SMILES string of the molecule is Cc1nsc(NC(=O)Cc2csc(-c3ccc(Cl)cc3)n2)c1Cl. The van der Waals surface area contributed by atoms with Crippen molar-refractivity contribution in [2.75, 3.05) is 5.32 Å². The highest BCUT2D eigenvalue weighted by atomic mass is 35.5. The van der Waals surface area contributed by atoms with Crippen LogP contribution >= 0.6 is 46.1 Å². The van der Waals surface area contributed by atoms with Crippen molar-refractivity contribution in [3.63, 3.8) is 0 Å². The third kappa shape index (κ3) is 3.90. The molecule has 0 unspecified atom stereocenters. The van der Waals surface area contributed by atoms with E-state index in [4.69, 9.17) is 23.2 Å². The molecule has 0 aliphatic rings. The standard InChI is InChI=1S/C15H11Cl2N3OS2/c1-8-13(17)15(23-20-8)19-12(21)6-11-7-22-14(18-11)9-2-4-10(16)5-3-9/h2-5,7H,6H2,1H3,(H,19,21). The molecular weight excluding hydrogens is 373 g/mol. The molecule has 0 fully saturated rings. The zero-order valence-corrected chi connectivity index (χ0v) is 15.1. The van der Waals surface area contributed by atoms with E-state index in [1.807, 2.05) is 29.6 Å². The molecule has 0 aliphatic carbocycles. The number of nitrogens with zero attached hydrogens (tertiary/aromatic N) is 2. The van der Waals surface area contributed by atoms with Crippen LogP contribution in [0.5, 0.6) is 0 Å². The van der Waals surface area contributed by atoms with E-state index in [-0.39, 0.29) is 12.3 Å². The molecule has 8 heteroatoms. The van der Waals surface area contributed by atoms with Crippen molar-refractivity contribution in [2.24, 2.45) is 0 Å². The number of halogens is 2. The van der Waals surface area contributed by atoms with Crippen LogP contribution in [0.2, 0.25) is 10.0 Å². The first kappa shape index (κ1) is 16.4. The molecule has 118 valence electrons. The van der Waals surface area contributed by atoms with Gasteiger partial charge in [-0.25, -0.2) is 4.98 Å². The lowest BCUT2D eigenvalue weighted by atomic mass is 10.2. The van der Waals surface area contributed by atoms with Crippen molar-refractivity contribution in [1.82, 2.24) is 9.36 Å². The molecule has 3 rings (SSSR count). The number of rotatable bonds is 4. The van der Waals surface area contributed by atoms with Crippen molar-refractivity contribution in [3.8, 4) is 10.6 Å². The first-order chi connectivity index (χ1) is 11.0. The molecule has 0 saturated carbocycles. The summed E-state index contributed by atoms with van der Waals surface area (Å²) < 4.78 is 4.10. The second-order valence-corrected chi connectivity index (χ2v) is 7.23. The molecule has 1 N–H and O–H groups in total. The molecule has 3 aromatic rings. The van der Waals surface area contributed by atoms with E-state index in [2.05, 4.69) is 14.7 Å². The summed E-state index contributed by atoms with van der Waals surface area (Å²) >= 11 is 14.6. The molecule has 0 atom stereocenters. The summed E-state index contributed by atoms with van der Waals surface area (Å²) in [4.78, 5) is 16.6. The van der Waals surface area contributed by atoms with Crippen LogP contribution in [0, 0.1) is 6.92 Å². The van der Waals surface area contributed by atoms with Gasteiger partial charge in [0.05, 0.1) is 22.8 Å². The minimum Gasteiger partial charge on any atom is -0.315 e. The van der Waals surface area contributed by atoms with E-state index in [9.17, 15) is 4.79 Å². The fourth-order valence-corrected chi connectivity index (χ4v) is 3.79. The molecular formula is C15H11Cl2N3OS2.